The minimum atomic E-state index is -1.01. The second-order valence-electron chi connectivity index (χ2n) is 2.56. The molecule has 1 rings (SSSR count). The van der Waals surface area contributed by atoms with Crippen LogP contribution in [0, 0.1) is 7.40 Å². The van der Waals surface area contributed by atoms with Gasteiger partial charge in [0.05, 0.1) is 6.10 Å². The summed E-state index contributed by atoms with van der Waals surface area (Å²) in [6, 6.07) is -1.01. The number of aliphatic hydroxyl groups excluding tert-OH is 1. The number of nitrogens with zero attached hydrogens (tertiary/aromatic N) is 1. The molecule has 0 aromatic heterocycles. The van der Waals surface area contributed by atoms with E-state index in [4.69, 9.17) is 6.58 Å². The summed E-state index contributed by atoms with van der Waals surface area (Å²) in [7, 11) is 2.50. The molecule has 2 unspecified atom stereocenters. The Labute approximate surface area is 109 Å². The predicted molar refractivity (Wildman–Crippen MR) is 43.2 cm³/mol. The van der Waals surface area contributed by atoms with Crippen LogP contribution in [0.25, 0.3) is 0 Å². The molecule has 14 heavy (non-hydrogen) atoms. The molecule has 0 saturated carbocycles. The molecule has 0 aromatic carbocycles. The van der Waals surface area contributed by atoms with E-state index in [9.17, 15) is 14.7 Å². The topological polar surface area (TPSA) is 89.9 Å². The van der Waals surface area contributed by atoms with E-state index < -0.39 is 18.1 Å². The number of aliphatic hydroxyl groups is 1. The molecule has 3 N–H and O–H groups in total. The molecule has 1 aliphatic heterocycles. The Morgan fingerprint density at radius 1 is 1.71 bits per heavy atom. The number of carbonyl (C=O) groups is 1. The maximum Gasteiger partial charge on any atom is 0.266 e. The fourth-order valence-electron chi connectivity index (χ4n) is 1.26. The zero-order valence-electron chi connectivity index (χ0n) is 8.51. The third-order valence-corrected chi connectivity index (χ3v) is 1.86. The molecule has 1 radical (unpaired) electrons. The van der Waals surface area contributed by atoms with Crippen LogP contribution in [0.5, 0.6) is 0 Å². The number of likely N-dealkylation sites (tertiary alicyclic amines) is 1. The van der Waals surface area contributed by atoms with Crippen LogP contribution in [0.4, 0.5) is 0 Å². The maximum absolute atomic E-state index is 10.9. The van der Waals surface area contributed by atoms with Crippen molar-refractivity contribution in [3.05, 3.63) is 7.40 Å². The Morgan fingerprint density at radius 3 is 2.71 bits per heavy atom. The van der Waals surface area contributed by atoms with Crippen molar-refractivity contribution in [3.8, 4) is 0 Å². The first-order valence-electron chi connectivity index (χ1n) is 4.18. The van der Waals surface area contributed by atoms with Crippen molar-refractivity contribution in [2.45, 2.75) is 18.6 Å². The average molecular weight is 278 g/mol. The second-order valence-corrected chi connectivity index (χ2v) is 2.56. The summed E-state index contributed by atoms with van der Waals surface area (Å²) in [5.41, 5.74) is 1.38. The summed E-state index contributed by atoms with van der Waals surface area (Å²) in [4.78, 5) is 22.1. The Kier molecular flexibility index (Phi) is 7.26. The summed E-state index contributed by atoms with van der Waals surface area (Å²) in [5.74, 6) is -0.789. The van der Waals surface area contributed by atoms with Crippen molar-refractivity contribution in [1.29, 1.82) is 0 Å². The van der Waals surface area contributed by atoms with Gasteiger partial charge in [0.1, 0.15) is 6.04 Å². The number of hydrogen-bond acceptors (Lipinski definition) is 4. The zero-order chi connectivity index (χ0) is 11.1. The Morgan fingerprint density at radius 2 is 2.29 bits per heavy atom. The maximum atomic E-state index is 10.9. The molecule has 0 aliphatic carbocycles. The standard InChI is InChI=1S/C6H9N2O4.CH3.Y/c9-3-8-2-1-4(10)5(8)6(11)7-12;;/h4-5,10,12H,1-2H2,(H,7,11);1H3;/q2*-1;/i;1D;. The smallest absolute Gasteiger partial charge is 0.266 e. The van der Waals surface area contributed by atoms with Crippen molar-refractivity contribution in [3.63, 3.8) is 0 Å². The fraction of sp³-hybridized carbons (Fsp3) is 0.571. The quantitative estimate of drug-likeness (QED) is 0.324. The van der Waals surface area contributed by atoms with E-state index in [0.29, 0.717) is 6.42 Å². The van der Waals surface area contributed by atoms with Crippen LogP contribution in [-0.2, 0) is 42.3 Å². The number of amides is 2. The summed E-state index contributed by atoms with van der Waals surface area (Å²) >= 11 is 0. The van der Waals surface area contributed by atoms with Gasteiger partial charge in [-0.05, 0) is 13.0 Å². The van der Waals surface area contributed by atoms with Crippen molar-refractivity contribution in [2.24, 2.45) is 0 Å². The van der Waals surface area contributed by atoms with Gasteiger partial charge in [0.25, 0.3) is 5.91 Å². The van der Waals surface area contributed by atoms with Gasteiger partial charge in [0.15, 0.2) is 0 Å². The molecule has 1 saturated heterocycles. The molecule has 0 aromatic rings. The number of hydroxylamine groups is 1. The van der Waals surface area contributed by atoms with Crippen molar-refractivity contribution in [1.82, 2.24) is 10.4 Å². The van der Waals surface area contributed by atoms with E-state index in [1.165, 1.54) is 11.9 Å². The number of nitrogens with one attached hydrogen (secondary N) is 1. The van der Waals surface area contributed by atoms with Gasteiger partial charge in [0.2, 0.25) is 0 Å². The van der Waals surface area contributed by atoms with Gasteiger partial charge in [-0.2, -0.15) is 6.41 Å². The third kappa shape index (κ3) is 3.27. The molecule has 7 heteroatoms. The Bertz CT molecular complexity index is 207. The first-order valence-corrected chi connectivity index (χ1v) is 3.47. The SMILES string of the molecule is O=[C-]N1CCC(O)C1C(=O)NO.[2H][CH2-].[Y]. The van der Waals surface area contributed by atoms with Crippen LogP contribution in [0.1, 0.15) is 7.79 Å². The van der Waals surface area contributed by atoms with Crippen molar-refractivity contribution >= 4 is 12.3 Å². The number of carbonyl (C=O) groups excluding carboxylic acids is 2. The summed E-state index contributed by atoms with van der Waals surface area (Å²) in [6.45, 7) is 0.281. The van der Waals surface area contributed by atoms with Crippen molar-refractivity contribution < 1.29 is 54.0 Å². The first kappa shape index (κ1) is 14.0. The normalized spacial score (nSPS) is 25.1. The summed E-state index contributed by atoms with van der Waals surface area (Å²) in [6.07, 6.45) is 0.920. The van der Waals surface area contributed by atoms with Gasteiger partial charge in [-0.25, -0.2) is 6.85 Å². The molecular weight excluding hydrogens is 265 g/mol. The van der Waals surface area contributed by atoms with E-state index >= 15 is 0 Å². The fourth-order valence-corrected chi connectivity index (χ4v) is 1.26. The summed E-state index contributed by atoms with van der Waals surface area (Å²) < 4.78 is 5.50. The van der Waals surface area contributed by atoms with Gasteiger partial charge in [0, 0.05) is 32.7 Å². The van der Waals surface area contributed by atoms with Crippen LogP contribution in [0.15, 0.2) is 0 Å². The van der Waals surface area contributed by atoms with E-state index in [-0.39, 0.29) is 39.3 Å². The Hall–Kier alpha value is -0.0361. The predicted octanol–water partition coefficient (Wildman–Crippen LogP) is -1.56. The van der Waals surface area contributed by atoms with Gasteiger partial charge < -0.3 is 22.2 Å². The van der Waals surface area contributed by atoms with Crippen LogP contribution in [-0.4, -0.2) is 46.2 Å². The molecular formula is C7H12N2O4Y-2. The van der Waals surface area contributed by atoms with Crippen LogP contribution in [0.2, 0.25) is 0 Å². The third-order valence-electron chi connectivity index (χ3n) is 1.86. The molecule has 2 amide bonds. The average Bonchev–Trinajstić information content (AvgIpc) is 2.61. The van der Waals surface area contributed by atoms with E-state index in [1.807, 2.05) is 0 Å². The first-order chi connectivity index (χ1) is 6.70. The van der Waals surface area contributed by atoms with Gasteiger partial charge >= 0.3 is 0 Å². The molecule has 79 valence electrons. The van der Waals surface area contributed by atoms with E-state index in [1.54, 1.807) is 0 Å². The van der Waals surface area contributed by atoms with Crippen LogP contribution >= 0.6 is 0 Å². The Balaban J connectivity index is 0. The van der Waals surface area contributed by atoms with Crippen LogP contribution < -0.4 is 5.48 Å². The minimum absolute atomic E-state index is 0. The van der Waals surface area contributed by atoms with E-state index in [2.05, 4.69) is 7.40 Å². The molecule has 1 fully saturated rings. The monoisotopic (exact) mass is 278 g/mol. The van der Waals surface area contributed by atoms with Gasteiger partial charge in [-0.1, -0.05) is 0 Å². The molecule has 0 spiro atoms. The van der Waals surface area contributed by atoms with Crippen molar-refractivity contribution in [2.75, 3.05) is 6.54 Å². The minimum Gasteiger partial charge on any atom is -0.520 e. The molecule has 1 heterocycles. The number of rotatable bonds is 2. The van der Waals surface area contributed by atoms with Crippen LogP contribution in [0.3, 0.4) is 0 Å². The van der Waals surface area contributed by atoms with E-state index in [0.717, 1.165) is 4.90 Å². The van der Waals surface area contributed by atoms with Gasteiger partial charge in [-0.3, -0.25) is 10.0 Å². The molecule has 2 atom stereocenters. The summed E-state index contributed by atoms with van der Waals surface area (Å²) in [5, 5.41) is 17.5. The second kappa shape index (κ2) is 7.28. The molecule has 0 bridgehead atoms. The largest absolute Gasteiger partial charge is 0.520 e. The van der Waals surface area contributed by atoms with Gasteiger partial charge in [-0.15, -0.1) is 0 Å². The molecule has 6 nitrogen and oxygen atoms in total. The zero-order valence-corrected chi connectivity index (χ0v) is 10.3. The number of hydrogen-bond donors (Lipinski definition) is 3. The molecule has 1 aliphatic rings.